The third kappa shape index (κ3) is 6.83. The molecule has 0 amide bonds. The maximum absolute atomic E-state index is 11.6. The summed E-state index contributed by atoms with van der Waals surface area (Å²) < 4.78 is 1.12. The zero-order chi connectivity index (χ0) is 27.3. The molecular weight excluding hydrogens is 484 g/mol. The molecule has 0 aliphatic heterocycles. The molecule has 4 N–H and O–H groups in total. The lowest BCUT2D eigenvalue weighted by molar-refractivity contribution is -0.384. The molecule has 0 radical (unpaired) electrons. The maximum Gasteiger partial charge on any atom is 0.335 e. The van der Waals surface area contributed by atoms with E-state index in [0.29, 0.717) is 17.9 Å². The molecule has 14 heteroatoms. The number of benzene rings is 2. The van der Waals surface area contributed by atoms with Gasteiger partial charge in [0.05, 0.1) is 28.4 Å². The molecule has 37 heavy (non-hydrogen) atoms. The van der Waals surface area contributed by atoms with Crippen LogP contribution in [-0.4, -0.2) is 73.3 Å². The second-order valence-corrected chi connectivity index (χ2v) is 8.50. The third-order valence-electron chi connectivity index (χ3n) is 5.14. The van der Waals surface area contributed by atoms with Crippen molar-refractivity contribution in [3.8, 4) is 5.69 Å². The van der Waals surface area contributed by atoms with E-state index in [1.807, 2.05) is 11.9 Å². The van der Waals surface area contributed by atoms with Crippen molar-refractivity contribution in [1.82, 2.24) is 14.8 Å². The predicted molar refractivity (Wildman–Crippen MR) is 135 cm³/mol. The summed E-state index contributed by atoms with van der Waals surface area (Å²) in [6, 6.07) is 8.70. The molecule has 2 unspecified atom stereocenters. The summed E-state index contributed by atoms with van der Waals surface area (Å²) in [6.07, 6.45) is -1.18. The van der Waals surface area contributed by atoms with Crippen LogP contribution in [0, 0.1) is 17.0 Å². The van der Waals surface area contributed by atoms with Crippen LogP contribution in [0.3, 0.4) is 0 Å². The summed E-state index contributed by atoms with van der Waals surface area (Å²) in [7, 11) is 1.83. The largest absolute Gasteiger partial charge is 0.478 e. The highest BCUT2D eigenvalue weighted by molar-refractivity contribution is 5.89. The van der Waals surface area contributed by atoms with Gasteiger partial charge >= 0.3 is 5.97 Å². The number of azo groups is 1. The van der Waals surface area contributed by atoms with E-state index in [4.69, 9.17) is 0 Å². The average Bonchev–Trinajstić information content (AvgIpc) is 3.20. The highest BCUT2D eigenvalue weighted by Crippen LogP contribution is 2.32. The SMILES string of the molecule is Cc1nc(N=Nc2ccc(N(C)CC(C)O)cc2NCC(C)O)n(-c2ccc(C(=O)O)cc2[N+](=O)[O-])n1. The average molecular weight is 513 g/mol. The monoisotopic (exact) mass is 512 g/mol. The number of nitrogens with zero attached hydrogens (tertiary/aromatic N) is 7. The number of hydrogen-bond donors (Lipinski definition) is 4. The van der Waals surface area contributed by atoms with Crippen LogP contribution in [0.2, 0.25) is 0 Å². The number of rotatable bonds is 11. The number of aromatic nitrogens is 3. The van der Waals surface area contributed by atoms with Crippen molar-refractivity contribution < 1.29 is 25.0 Å². The highest BCUT2D eigenvalue weighted by atomic mass is 16.6. The van der Waals surface area contributed by atoms with Crippen molar-refractivity contribution in [3.63, 3.8) is 0 Å². The standard InChI is InChI=1S/C23H28N8O6/c1-13(32)11-24-19-10-17(29(4)12-14(2)33)6-7-18(19)26-27-23-25-15(3)28-30(23)20-8-5-16(22(34)35)9-21(20)31(36)37/h5-10,13-14,24,32-33H,11-12H2,1-4H3,(H,34,35). The van der Waals surface area contributed by atoms with Crippen LogP contribution in [0.5, 0.6) is 0 Å². The number of carboxylic acid groups (broad SMARTS) is 1. The van der Waals surface area contributed by atoms with Gasteiger partial charge in [0, 0.05) is 31.9 Å². The Morgan fingerprint density at radius 2 is 1.92 bits per heavy atom. The molecule has 196 valence electrons. The van der Waals surface area contributed by atoms with E-state index in [1.165, 1.54) is 12.1 Å². The van der Waals surface area contributed by atoms with Crippen molar-refractivity contribution >= 4 is 34.7 Å². The van der Waals surface area contributed by atoms with Crippen molar-refractivity contribution in [1.29, 1.82) is 0 Å². The van der Waals surface area contributed by atoms with E-state index in [2.05, 4.69) is 25.6 Å². The lowest BCUT2D eigenvalue weighted by Gasteiger charge is -2.22. The molecule has 3 aromatic rings. The van der Waals surface area contributed by atoms with Crippen LogP contribution in [0.1, 0.15) is 30.0 Å². The number of aliphatic hydroxyl groups is 2. The van der Waals surface area contributed by atoms with E-state index < -0.39 is 28.8 Å². The lowest BCUT2D eigenvalue weighted by Crippen LogP contribution is -2.26. The Kier molecular flexibility index (Phi) is 8.47. The van der Waals surface area contributed by atoms with Gasteiger partial charge in [-0.2, -0.15) is 9.67 Å². The Balaban J connectivity index is 2.03. The van der Waals surface area contributed by atoms with E-state index in [1.54, 1.807) is 39.0 Å². The van der Waals surface area contributed by atoms with Gasteiger partial charge in [0.2, 0.25) is 0 Å². The van der Waals surface area contributed by atoms with Gasteiger partial charge in [-0.05, 0) is 51.1 Å². The Morgan fingerprint density at radius 1 is 1.19 bits per heavy atom. The number of aryl methyl sites for hydroxylation is 1. The molecular formula is C23H28N8O6. The van der Waals surface area contributed by atoms with Crippen molar-refractivity contribution in [2.24, 2.45) is 10.2 Å². The third-order valence-corrected chi connectivity index (χ3v) is 5.14. The number of likely N-dealkylation sites (N-methyl/N-ethyl adjacent to an activating group) is 1. The predicted octanol–water partition coefficient (Wildman–Crippen LogP) is 3.21. The van der Waals surface area contributed by atoms with Crippen LogP contribution in [0.15, 0.2) is 46.6 Å². The summed E-state index contributed by atoms with van der Waals surface area (Å²) in [5, 5.41) is 56.0. The van der Waals surface area contributed by atoms with Crippen LogP contribution in [-0.2, 0) is 0 Å². The number of carbonyl (C=O) groups is 1. The van der Waals surface area contributed by atoms with Crippen LogP contribution in [0.4, 0.5) is 28.7 Å². The van der Waals surface area contributed by atoms with Gasteiger partial charge < -0.3 is 25.5 Å². The first-order chi connectivity index (χ1) is 17.5. The van der Waals surface area contributed by atoms with Gasteiger partial charge in [-0.3, -0.25) is 10.1 Å². The fourth-order valence-electron chi connectivity index (χ4n) is 3.46. The number of nitro benzene ring substituents is 1. The first kappa shape index (κ1) is 27.2. The van der Waals surface area contributed by atoms with E-state index in [0.717, 1.165) is 16.4 Å². The fraction of sp³-hybridized carbons (Fsp3) is 0.348. The van der Waals surface area contributed by atoms with Gasteiger partial charge in [-0.15, -0.1) is 15.3 Å². The van der Waals surface area contributed by atoms with Crippen LogP contribution < -0.4 is 10.2 Å². The van der Waals surface area contributed by atoms with Crippen molar-refractivity contribution in [2.45, 2.75) is 33.0 Å². The molecule has 2 aromatic carbocycles. The first-order valence-electron chi connectivity index (χ1n) is 11.3. The number of aromatic carboxylic acids is 1. The summed E-state index contributed by atoms with van der Waals surface area (Å²) in [5.41, 5.74) is 1.00. The molecule has 0 fully saturated rings. The molecule has 1 heterocycles. The van der Waals surface area contributed by atoms with Gasteiger partial charge in [0.1, 0.15) is 17.2 Å². The number of anilines is 2. The smallest absolute Gasteiger partial charge is 0.335 e. The number of hydrogen-bond acceptors (Lipinski definition) is 11. The summed E-state index contributed by atoms with van der Waals surface area (Å²) >= 11 is 0. The van der Waals surface area contributed by atoms with Crippen LogP contribution in [0.25, 0.3) is 5.69 Å². The molecule has 0 bridgehead atoms. The van der Waals surface area contributed by atoms with Gasteiger partial charge in [0.15, 0.2) is 0 Å². The summed E-state index contributed by atoms with van der Waals surface area (Å²) in [4.78, 5) is 28.3. The molecule has 1 aromatic heterocycles. The lowest BCUT2D eigenvalue weighted by atomic mass is 10.2. The summed E-state index contributed by atoms with van der Waals surface area (Å²) in [6.45, 7) is 5.53. The van der Waals surface area contributed by atoms with Crippen LogP contribution >= 0.6 is 0 Å². The topological polar surface area (TPSA) is 192 Å². The van der Waals surface area contributed by atoms with E-state index in [9.17, 15) is 30.2 Å². The minimum Gasteiger partial charge on any atom is -0.478 e. The Morgan fingerprint density at radius 3 is 2.54 bits per heavy atom. The van der Waals surface area contributed by atoms with Crippen molar-refractivity contribution in [3.05, 3.63) is 57.9 Å². The molecule has 0 aliphatic rings. The molecule has 0 spiro atoms. The molecule has 2 atom stereocenters. The second-order valence-electron chi connectivity index (χ2n) is 8.50. The highest BCUT2D eigenvalue weighted by Gasteiger charge is 2.22. The van der Waals surface area contributed by atoms with Gasteiger partial charge in [-0.1, -0.05) is 0 Å². The molecule has 0 saturated carbocycles. The van der Waals surface area contributed by atoms with E-state index in [-0.39, 0.29) is 29.6 Å². The quantitative estimate of drug-likeness (QED) is 0.168. The zero-order valence-corrected chi connectivity index (χ0v) is 20.7. The van der Waals surface area contributed by atoms with Gasteiger partial charge in [-0.25, -0.2) is 4.79 Å². The molecule has 14 nitrogen and oxygen atoms in total. The Labute approximate surface area is 212 Å². The number of carboxylic acids is 1. The molecule has 0 aliphatic carbocycles. The number of nitro groups is 1. The second kappa shape index (κ2) is 11.5. The summed E-state index contributed by atoms with van der Waals surface area (Å²) in [5.74, 6) is -1.09. The molecule has 3 rings (SSSR count). The minimum atomic E-state index is -1.30. The fourth-order valence-corrected chi connectivity index (χ4v) is 3.46. The number of nitrogens with one attached hydrogen (secondary N) is 1. The Bertz CT molecular complexity index is 1320. The first-order valence-corrected chi connectivity index (χ1v) is 11.3. The van der Waals surface area contributed by atoms with Gasteiger partial charge in [0.25, 0.3) is 11.6 Å². The number of aliphatic hydroxyl groups excluding tert-OH is 2. The zero-order valence-electron chi connectivity index (χ0n) is 20.7. The van der Waals surface area contributed by atoms with E-state index >= 15 is 0 Å². The minimum absolute atomic E-state index is 0.0212. The van der Waals surface area contributed by atoms with Crippen molar-refractivity contribution in [2.75, 3.05) is 30.4 Å². The normalized spacial score (nSPS) is 12.9. The maximum atomic E-state index is 11.6. The molecule has 0 saturated heterocycles. The Hall–Kier alpha value is -4.43.